The van der Waals surface area contributed by atoms with E-state index in [0.29, 0.717) is 11.3 Å². The van der Waals surface area contributed by atoms with E-state index in [4.69, 9.17) is 10.4 Å². The van der Waals surface area contributed by atoms with Crippen LogP contribution in [-0.2, 0) is 6.54 Å². The molecule has 1 aromatic heterocycles. The lowest BCUT2D eigenvalue weighted by Crippen LogP contribution is -2.04. The molecular formula is C11H7BrN4O2. The molecule has 0 aliphatic rings. The monoisotopic (exact) mass is 306 g/mol. The Morgan fingerprint density at radius 1 is 1.44 bits per heavy atom. The van der Waals surface area contributed by atoms with Crippen molar-refractivity contribution in [2.24, 2.45) is 0 Å². The molecule has 0 saturated carbocycles. The number of carboxylic acids is 1. The quantitative estimate of drug-likeness (QED) is 0.935. The van der Waals surface area contributed by atoms with Gasteiger partial charge in [0.15, 0.2) is 5.69 Å². The van der Waals surface area contributed by atoms with Crippen LogP contribution in [0.25, 0.3) is 11.3 Å². The Morgan fingerprint density at radius 3 is 2.67 bits per heavy atom. The summed E-state index contributed by atoms with van der Waals surface area (Å²) in [7, 11) is 0. The van der Waals surface area contributed by atoms with E-state index in [-0.39, 0.29) is 12.2 Å². The fourth-order valence-corrected chi connectivity index (χ4v) is 1.79. The molecule has 0 unspecified atom stereocenters. The van der Waals surface area contributed by atoms with Crippen LogP contribution in [0.15, 0.2) is 28.7 Å². The number of hydrogen-bond acceptors (Lipinski definition) is 4. The van der Waals surface area contributed by atoms with Crippen LogP contribution in [0.4, 0.5) is 0 Å². The van der Waals surface area contributed by atoms with Gasteiger partial charge in [-0.25, -0.2) is 9.48 Å². The van der Waals surface area contributed by atoms with E-state index in [1.54, 1.807) is 24.3 Å². The number of nitriles is 1. The summed E-state index contributed by atoms with van der Waals surface area (Å²) in [6.45, 7) is -0.0499. The van der Waals surface area contributed by atoms with Crippen molar-refractivity contribution in [3.63, 3.8) is 0 Å². The van der Waals surface area contributed by atoms with Crippen molar-refractivity contribution < 1.29 is 9.90 Å². The summed E-state index contributed by atoms with van der Waals surface area (Å²) in [5, 5.41) is 25.0. The van der Waals surface area contributed by atoms with Crippen molar-refractivity contribution in [3.05, 3.63) is 34.4 Å². The molecule has 0 radical (unpaired) electrons. The van der Waals surface area contributed by atoms with Gasteiger partial charge in [0.25, 0.3) is 0 Å². The van der Waals surface area contributed by atoms with Crippen LogP contribution in [0, 0.1) is 11.3 Å². The van der Waals surface area contributed by atoms with E-state index < -0.39 is 5.97 Å². The molecule has 90 valence electrons. The Labute approximate surface area is 111 Å². The zero-order chi connectivity index (χ0) is 13.1. The van der Waals surface area contributed by atoms with E-state index in [9.17, 15) is 4.79 Å². The van der Waals surface area contributed by atoms with Gasteiger partial charge >= 0.3 is 5.97 Å². The van der Waals surface area contributed by atoms with Crippen molar-refractivity contribution in [1.29, 1.82) is 5.26 Å². The second-order valence-corrected chi connectivity index (χ2v) is 4.33. The number of aromatic nitrogens is 3. The van der Waals surface area contributed by atoms with Gasteiger partial charge in [-0.05, 0) is 12.1 Å². The van der Waals surface area contributed by atoms with Crippen LogP contribution in [0.5, 0.6) is 0 Å². The van der Waals surface area contributed by atoms with Crippen molar-refractivity contribution in [2.45, 2.75) is 6.54 Å². The highest BCUT2D eigenvalue weighted by molar-refractivity contribution is 9.10. The molecule has 1 aromatic carbocycles. The zero-order valence-corrected chi connectivity index (χ0v) is 10.6. The number of nitrogens with zero attached hydrogens (tertiary/aromatic N) is 4. The molecule has 2 aromatic rings. The van der Waals surface area contributed by atoms with Crippen LogP contribution >= 0.6 is 15.9 Å². The SMILES string of the molecule is N#CCn1nnc(C(=O)O)c1-c1ccc(Br)cc1. The second-order valence-electron chi connectivity index (χ2n) is 3.41. The van der Waals surface area contributed by atoms with E-state index in [2.05, 4.69) is 26.2 Å². The number of halogens is 1. The van der Waals surface area contributed by atoms with Crippen LogP contribution in [0.2, 0.25) is 0 Å². The summed E-state index contributed by atoms with van der Waals surface area (Å²) >= 11 is 3.30. The van der Waals surface area contributed by atoms with Gasteiger partial charge < -0.3 is 5.11 Å². The molecule has 1 heterocycles. The van der Waals surface area contributed by atoms with E-state index in [1.165, 1.54) is 4.68 Å². The molecular weight excluding hydrogens is 300 g/mol. The second kappa shape index (κ2) is 4.98. The molecule has 6 nitrogen and oxygen atoms in total. The smallest absolute Gasteiger partial charge is 0.358 e. The highest BCUT2D eigenvalue weighted by Crippen LogP contribution is 2.24. The molecule has 0 saturated heterocycles. The standard InChI is InChI=1S/C11H7BrN4O2/c12-8-3-1-7(2-4-8)10-9(11(17)18)14-15-16(10)6-5-13/h1-4H,6H2,(H,17,18). The average Bonchev–Trinajstić information content (AvgIpc) is 2.75. The lowest BCUT2D eigenvalue weighted by molar-refractivity contribution is 0.0691. The molecule has 0 atom stereocenters. The number of rotatable bonds is 3. The minimum atomic E-state index is -1.17. The summed E-state index contributed by atoms with van der Waals surface area (Å²) < 4.78 is 2.15. The third-order valence-corrected chi connectivity index (χ3v) is 2.80. The maximum absolute atomic E-state index is 11.1. The molecule has 0 aliphatic heterocycles. The normalized spacial score (nSPS) is 10.0. The Balaban J connectivity index is 2.59. The third kappa shape index (κ3) is 2.24. The van der Waals surface area contributed by atoms with E-state index in [0.717, 1.165) is 4.47 Å². The van der Waals surface area contributed by atoms with Gasteiger partial charge in [0.2, 0.25) is 0 Å². The van der Waals surface area contributed by atoms with Gasteiger partial charge in [0.1, 0.15) is 12.2 Å². The first kappa shape index (κ1) is 12.3. The molecule has 0 bridgehead atoms. The van der Waals surface area contributed by atoms with Crippen molar-refractivity contribution in [2.75, 3.05) is 0 Å². The average molecular weight is 307 g/mol. The predicted molar refractivity (Wildman–Crippen MR) is 65.7 cm³/mol. The van der Waals surface area contributed by atoms with E-state index >= 15 is 0 Å². The third-order valence-electron chi connectivity index (χ3n) is 2.28. The van der Waals surface area contributed by atoms with E-state index in [1.807, 2.05) is 6.07 Å². The first-order valence-electron chi connectivity index (χ1n) is 4.93. The number of carbonyl (C=O) groups is 1. The Morgan fingerprint density at radius 2 is 2.11 bits per heavy atom. The fourth-order valence-electron chi connectivity index (χ4n) is 1.53. The number of carboxylic acid groups (broad SMARTS) is 1. The summed E-state index contributed by atoms with van der Waals surface area (Å²) in [4.78, 5) is 11.1. The van der Waals surface area contributed by atoms with Crippen LogP contribution in [0.3, 0.4) is 0 Å². The lowest BCUT2D eigenvalue weighted by atomic mass is 10.1. The summed E-state index contributed by atoms with van der Waals surface area (Å²) in [6.07, 6.45) is 0. The molecule has 2 rings (SSSR count). The molecule has 18 heavy (non-hydrogen) atoms. The number of benzene rings is 1. The number of aromatic carboxylic acids is 1. The first-order chi connectivity index (χ1) is 8.63. The Hall–Kier alpha value is -2.20. The minimum absolute atomic E-state index is 0.0499. The molecule has 7 heteroatoms. The van der Waals surface area contributed by atoms with Crippen LogP contribution in [-0.4, -0.2) is 26.1 Å². The van der Waals surface area contributed by atoms with Crippen molar-refractivity contribution in [1.82, 2.24) is 15.0 Å². The first-order valence-corrected chi connectivity index (χ1v) is 5.72. The number of hydrogen-bond donors (Lipinski definition) is 1. The van der Waals surface area contributed by atoms with Gasteiger partial charge in [-0.2, -0.15) is 5.26 Å². The summed E-state index contributed by atoms with van der Waals surface area (Å²) in [6, 6.07) is 8.96. The molecule has 0 amide bonds. The Bertz CT molecular complexity index is 627. The van der Waals surface area contributed by atoms with Crippen molar-refractivity contribution >= 4 is 21.9 Å². The lowest BCUT2D eigenvalue weighted by Gasteiger charge is -2.03. The van der Waals surface area contributed by atoms with Gasteiger partial charge in [0.05, 0.1) is 6.07 Å². The topological polar surface area (TPSA) is 91.8 Å². The Kier molecular flexibility index (Phi) is 3.39. The van der Waals surface area contributed by atoms with Gasteiger partial charge in [-0.15, -0.1) is 5.10 Å². The van der Waals surface area contributed by atoms with Crippen LogP contribution < -0.4 is 0 Å². The fraction of sp³-hybridized carbons (Fsp3) is 0.0909. The van der Waals surface area contributed by atoms with Gasteiger partial charge in [-0.1, -0.05) is 33.3 Å². The molecule has 1 N–H and O–H groups in total. The summed E-state index contributed by atoms with van der Waals surface area (Å²) in [5.41, 5.74) is 0.819. The minimum Gasteiger partial charge on any atom is -0.476 e. The van der Waals surface area contributed by atoms with Crippen molar-refractivity contribution in [3.8, 4) is 17.3 Å². The maximum Gasteiger partial charge on any atom is 0.358 e. The molecule has 0 fully saturated rings. The summed E-state index contributed by atoms with van der Waals surface area (Å²) in [5.74, 6) is -1.17. The zero-order valence-electron chi connectivity index (χ0n) is 9.04. The van der Waals surface area contributed by atoms with Gasteiger partial charge in [0, 0.05) is 10.0 Å². The molecule has 0 aliphatic carbocycles. The van der Waals surface area contributed by atoms with Gasteiger partial charge in [-0.3, -0.25) is 0 Å². The highest BCUT2D eigenvalue weighted by Gasteiger charge is 2.20. The highest BCUT2D eigenvalue weighted by atomic mass is 79.9. The molecule has 0 spiro atoms. The van der Waals surface area contributed by atoms with Crippen LogP contribution in [0.1, 0.15) is 10.5 Å². The largest absolute Gasteiger partial charge is 0.476 e. The maximum atomic E-state index is 11.1. The predicted octanol–water partition coefficient (Wildman–Crippen LogP) is 1.93.